The highest BCUT2D eigenvalue weighted by Crippen LogP contribution is 2.24. The third-order valence-corrected chi connectivity index (χ3v) is 4.99. The molecular formula is C22H20N4O. The number of rotatable bonds is 2. The first-order valence-corrected chi connectivity index (χ1v) is 9.06. The molecule has 0 aliphatic carbocycles. The van der Waals surface area contributed by atoms with Crippen molar-refractivity contribution in [3.05, 3.63) is 71.3 Å². The van der Waals surface area contributed by atoms with Crippen LogP contribution in [0.15, 0.2) is 54.6 Å². The van der Waals surface area contributed by atoms with Crippen LogP contribution in [0.4, 0.5) is 5.82 Å². The lowest BCUT2D eigenvalue weighted by atomic mass is 10.1. The first-order chi connectivity index (χ1) is 13.2. The summed E-state index contributed by atoms with van der Waals surface area (Å²) in [7, 11) is 0. The van der Waals surface area contributed by atoms with Crippen molar-refractivity contribution in [2.75, 3.05) is 31.1 Å². The number of anilines is 1. The summed E-state index contributed by atoms with van der Waals surface area (Å²) in [6.07, 6.45) is 0. The van der Waals surface area contributed by atoms with Crippen molar-refractivity contribution in [3.8, 4) is 6.07 Å². The number of piperazine rings is 1. The van der Waals surface area contributed by atoms with Gasteiger partial charge < -0.3 is 9.80 Å². The van der Waals surface area contributed by atoms with Gasteiger partial charge in [0, 0.05) is 37.1 Å². The summed E-state index contributed by atoms with van der Waals surface area (Å²) >= 11 is 0. The molecule has 0 saturated carbocycles. The molecule has 1 fully saturated rings. The molecule has 1 aliphatic heterocycles. The number of carbonyl (C=O) groups excluding carboxylic acids is 1. The van der Waals surface area contributed by atoms with Crippen molar-refractivity contribution in [3.63, 3.8) is 0 Å². The van der Waals surface area contributed by atoms with Crippen molar-refractivity contribution in [2.45, 2.75) is 6.92 Å². The maximum absolute atomic E-state index is 12.7. The second-order valence-electron chi connectivity index (χ2n) is 6.79. The molecule has 2 heterocycles. The van der Waals surface area contributed by atoms with E-state index in [1.54, 1.807) is 24.3 Å². The van der Waals surface area contributed by atoms with Gasteiger partial charge in [-0.1, -0.05) is 24.3 Å². The Kier molecular flexibility index (Phi) is 4.47. The van der Waals surface area contributed by atoms with Crippen LogP contribution in [0.2, 0.25) is 0 Å². The van der Waals surface area contributed by atoms with Crippen molar-refractivity contribution >= 4 is 22.6 Å². The number of amides is 1. The number of aromatic nitrogens is 1. The minimum Gasteiger partial charge on any atom is -0.353 e. The minimum absolute atomic E-state index is 0.0186. The normalized spacial score (nSPS) is 14.2. The van der Waals surface area contributed by atoms with Crippen LogP contribution in [0.25, 0.3) is 10.9 Å². The van der Waals surface area contributed by atoms with Crippen LogP contribution >= 0.6 is 0 Å². The summed E-state index contributed by atoms with van der Waals surface area (Å²) in [5.41, 5.74) is 3.22. The number of pyridine rings is 1. The lowest BCUT2D eigenvalue weighted by Crippen LogP contribution is -2.49. The van der Waals surface area contributed by atoms with E-state index in [0.717, 1.165) is 35.4 Å². The molecule has 3 aromatic rings. The Bertz CT molecular complexity index is 1050. The molecule has 5 nitrogen and oxygen atoms in total. The third kappa shape index (κ3) is 3.34. The van der Waals surface area contributed by atoms with Gasteiger partial charge in [-0.15, -0.1) is 0 Å². The van der Waals surface area contributed by atoms with Crippen LogP contribution in [-0.4, -0.2) is 42.0 Å². The number of nitriles is 1. The zero-order valence-corrected chi connectivity index (χ0v) is 15.2. The Morgan fingerprint density at radius 1 is 1.04 bits per heavy atom. The summed E-state index contributed by atoms with van der Waals surface area (Å²) in [6, 6.07) is 19.3. The monoisotopic (exact) mass is 356 g/mol. The topological polar surface area (TPSA) is 60.2 Å². The fourth-order valence-electron chi connectivity index (χ4n) is 3.56. The van der Waals surface area contributed by atoms with E-state index in [0.29, 0.717) is 24.2 Å². The highest BCUT2D eigenvalue weighted by molar-refractivity contribution is 5.94. The van der Waals surface area contributed by atoms with E-state index >= 15 is 0 Å². The smallest absolute Gasteiger partial charge is 0.254 e. The van der Waals surface area contributed by atoms with Gasteiger partial charge in [0.2, 0.25) is 0 Å². The summed E-state index contributed by atoms with van der Waals surface area (Å²) in [5.74, 6) is 0.974. The van der Waals surface area contributed by atoms with E-state index in [1.807, 2.05) is 23.1 Å². The van der Waals surface area contributed by atoms with Crippen molar-refractivity contribution in [1.29, 1.82) is 5.26 Å². The van der Waals surface area contributed by atoms with E-state index in [1.165, 1.54) is 0 Å². The first kappa shape index (κ1) is 17.0. The van der Waals surface area contributed by atoms with E-state index < -0.39 is 0 Å². The Labute approximate surface area is 158 Å². The molecule has 0 atom stereocenters. The second kappa shape index (κ2) is 7.08. The van der Waals surface area contributed by atoms with Gasteiger partial charge >= 0.3 is 0 Å². The number of hydrogen-bond acceptors (Lipinski definition) is 4. The average molecular weight is 356 g/mol. The molecule has 27 heavy (non-hydrogen) atoms. The van der Waals surface area contributed by atoms with Crippen LogP contribution in [-0.2, 0) is 0 Å². The molecule has 0 radical (unpaired) electrons. The van der Waals surface area contributed by atoms with Gasteiger partial charge in [-0.3, -0.25) is 4.79 Å². The van der Waals surface area contributed by atoms with Gasteiger partial charge in [0.1, 0.15) is 5.82 Å². The molecular weight excluding hydrogens is 336 g/mol. The van der Waals surface area contributed by atoms with Gasteiger partial charge in [-0.25, -0.2) is 4.98 Å². The SMILES string of the molecule is Cc1cc2ccccc2nc1N1CCN(C(=O)c2cccc(C#N)c2)CC1. The zero-order valence-electron chi connectivity index (χ0n) is 15.2. The van der Waals surface area contributed by atoms with E-state index in [2.05, 4.69) is 30.0 Å². The van der Waals surface area contributed by atoms with E-state index in [4.69, 9.17) is 10.2 Å². The summed E-state index contributed by atoms with van der Waals surface area (Å²) < 4.78 is 0. The summed E-state index contributed by atoms with van der Waals surface area (Å²) in [5, 5.41) is 10.2. The lowest BCUT2D eigenvalue weighted by molar-refractivity contribution is 0.0746. The van der Waals surface area contributed by atoms with Gasteiger partial charge in [-0.05, 0) is 42.8 Å². The number of carbonyl (C=O) groups is 1. The number of fused-ring (bicyclic) bond motifs is 1. The Morgan fingerprint density at radius 3 is 2.59 bits per heavy atom. The third-order valence-electron chi connectivity index (χ3n) is 4.99. The lowest BCUT2D eigenvalue weighted by Gasteiger charge is -2.36. The summed E-state index contributed by atoms with van der Waals surface area (Å²) in [4.78, 5) is 21.7. The molecule has 1 saturated heterocycles. The van der Waals surface area contributed by atoms with Crippen molar-refractivity contribution in [1.82, 2.24) is 9.88 Å². The number of nitrogens with zero attached hydrogens (tertiary/aromatic N) is 4. The maximum Gasteiger partial charge on any atom is 0.254 e. The van der Waals surface area contributed by atoms with Crippen LogP contribution in [0.5, 0.6) is 0 Å². The van der Waals surface area contributed by atoms with Gasteiger partial charge in [0.05, 0.1) is 17.1 Å². The van der Waals surface area contributed by atoms with E-state index in [9.17, 15) is 4.79 Å². The standard InChI is InChI=1S/C22H20N4O/c1-16-13-18-6-2-3-8-20(18)24-21(16)25-9-11-26(12-10-25)22(27)19-7-4-5-17(14-19)15-23/h2-8,13-14H,9-12H2,1H3. The van der Waals surface area contributed by atoms with Crippen LogP contribution in [0.3, 0.4) is 0 Å². The molecule has 0 spiro atoms. The molecule has 1 amide bonds. The molecule has 2 aromatic carbocycles. The molecule has 0 unspecified atom stereocenters. The predicted octanol–water partition coefficient (Wildman–Crippen LogP) is 3.38. The van der Waals surface area contributed by atoms with Gasteiger partial charge in [0.15, 0.2) is 0 Å². The molecule has 134 valence electrons. The quantitative estimate of drug-likeness (QED) is 0.706. The highest BCUT2D eigenvalue weighted by Gasteiger charge is 2.24. The fraction of sp³-hybridized carbons (Fsp3) is 0.227. The summed E-state index contributed by atoms with van der Waals surface area (Å²) in [6.45, 7) is 4.86. The number of hydrogen-bond donors (Lipinski definition) is 0. The van der Waals surface area contributed by atoms with E-state index in [-0.39, 0.29) is 5.91 Å². The Morgan fingerprint density at radius 2 is 1.81 bits per heavy atom. The average Bonchev–Trinajstić information content (AvgIpc) is 2.73. The largest absolute Gasteiger partial charge is 0.353 e. The predicted molar refractivity (Wildman–Crippen MR) is 106 cm³/mol. The van der Waals surface area contributed by atoms with Gasteiger partial charge in [0.25, 0.3) is 5.91 Å². The molecule has 4 rings (SSSR count). The Hall–Kier alpha value is -3.39. The second-order valence-corrected chi connectivity index (χ2v) is 6.79. The molecule has 0 bridgehead atoms. The van der Waals surface area contributed by atoms with Crippen LogP contribution < -0.4 is 4.90 Å². The van der Waals surface area contributed by atoms with Crippen LogP contribution in [0, 0.1) is 18.3 Å². The minimum atomic E-state index is -0.0186. The van der Waals surface area contributed by atoms with Gasteiger partial charge in [-0.2, -0.15) is 5.26 Å². The molecule has 1 aliphatic rings. The van der Waals surface area contributed by atoms with Crippen molar-refractivity contribution in [2.24, 2.45) is 0 Å². The Balaban J connectivity index is 1.50. The molecule has 5 heteroatoms. The molecule has 1 aromatic heterocycles. The molecule has 0 N–H and O–H groups in total. The number of para-hydroxylation sites is 1. The zero-order chi connectivity index (χ0) is 18.8. The van der Waals surface area contributed by atoms with Crippen LogP contribution in [0.1, 0.15) is 21.5 Å². The van der Waals surface area contributed by atoms with Crippen molar-refractivity contribution < 1.29 is 4.79 Å². The number of benzene rings is 2. The highest BCUT2D eigenvalue weighted by atomic mass is 16.2. The number of aryl methyl sites for hydroxylation is 1. The first-order valence-electron chi connectivity index (χ1n) is 9.06. The fourth-order valence-corrected chi connectivity index (χ4v) is 3.56. The maximum atomic E-state index is 12.7.